The van der Waals surface area contributed by atoms with E-state index in [0.717, 1.165) is 0 Å². The highest BCUT2D eigenvalue weighted by molar-refractivity contribution is 6.00. The van der Waals surface area contributed by atoms with Gasteiger partial charge in [0.15, 0.2) is 5.78 Å². The maximum absolute atomic E-state index is 12.4. The molecule has 1 aromatic rings. The molecule has 0 aliphatic rings. The minimum Gasteiger partial charge on any atom is -0.294 e. The quantitative estimate of drug-likeness (QED) is 0.336. The molecule has 0 bridgehead atoms. The lowest BCUT2D eigenvalue weighted by Crippen LogP contribution is -2.27. The molecule has 0 aromatic heterocycles. The second-order valence-electron chi connectivity index (χ2n) is 5.02. The number of carbonyl (C=O) groups is 1. The average Bonchev–Trinajstić information content (AvgIpc) is 2.43. The summed E-state index contributed by atoms with van der Waals surface area (Å²) in [6.07, 6.45) is 0.371. The molecule has 0 heterocycles. The largest absolute Gasteiger partial charge is 0.294 e. The van der Waals surface area contributed by atoms with Crippen LogP contribution in [0, 0.1) is 22.7 Å². The van der Waals surface area contributed by atoms with Gasteiger partial charge in [0.25, 0.3) is 0 Å². The fraction of sp³-hybridized carbons (Fsp3) is 0.429. The lowest BCUT2D eigenvalue weighted by Gasteiger charge is -2.25. The Kier molecular flexibility index (Phi) is 5.11. The number of hydrogen-bond acceptors (Lipinski definition) is 3. The molecule has 0 saturated carbocycles. The van der Waals surface area contributed by atoms with Crippen molar-refractivity contribution in [3.05, 3.63) is 46.3 Å². The fourth-order valence-corrected chi connectivity index (χ4v) is 1.98. The average molecular weight is 256 g/mol. The number of hydrogen-bond donors (Lipinski definition) is 0. The van der Waals surface area contributed by atoms with Crippen molar-refractivity contribution in [3.63, 3.8) is 0 Å². The van der Waals surface area contributed by atoms with Crippen molar-refractivity contribution in [2.75, 3.05) is 6.54 Å². The van der Waals surface area contributed by atoms with Gasteiger partial charge in [-0.05, 0) is 12.0 Å². The van der Waals surface area contributed by atoms with Gasteiger partial charge >= 0.3 is 0 Å². The van der Waals surface area contributed by atoms with Crippen molar-refractivity contribution in [3.8, 4) is 6.07 Å². The zero-order chi connectivity index (χ0) is 14.3. The molecule has 0 N–H and O–H groups in total. The van der Waals surface area contributed by atoms with Gasteiger partial charge in [-0.3, -0.25) is 4.79 Å². The molecule has 98 valence electrons. The van der Waals surface area contributed by atoms with Crippen molar-refractivity contribution in [2.24, 2.45) is 16.4 Å². The molecule has 0 fully saturated rings. The van der Waals surface area contributed by atoms with Crippen molar-refractivity contribution in [1.82, 2.24) is 0 Å². The van der Waals surface area contributed by atoms with Crippen molar-refractivity contribution in [2.45, 2.75) is 20.3 Å². The zero-order valence-electron chi connectivity index (χ0n) is 11.1. The van der Waals surface area contributed by atoms with Crippen LogP contribution in [-0.4, -0.2) is 12.3 Å². The number of carbonyl (C=O) groups excluding carboxylic acids is 1. The predicted octanol–water partition coefficient (Wildman–Crippen LogP) is 3.74. The van der Waals surface area contributed by atoms with Gasteiger partial charge in [0, 0.05) is 22.4 Å². The van der Waals surface area contributed by atoms with Crippen LogP contribution in [0.4, 0.5) is 0 Å². The summed E-state index contributed by atoms with van der Waals surface area (Å²) in [5.74, 6) is -0.451. The fourth-order valence-electron chi connectivity index (χ4n) is 1.98. The zero-order valence-corrected chi connectivity index (χ0v) is 11.1. The van der Waals surface area contributed by atoms with Gasteiger partial charge in [0.2, 0.25) is 0 Å². The van der Waals surface area contributed by atoms with Crippen LogP contribution < -0.4 is 0 Å². The van der Waals surface area contributed by atoms with E-state index in [0.29, 0.717) is 12.0 Å². The number of benzene rings is 1. The monoisotopic (exact) mass is 256 g/mol. The van der Waals surface area contributed by atoms with Crippen LogP contribution in [0.1, 0.15) is 30.6 Å². The van der Waals surface area contributed by atoms with Gasteiger partial charge in [-0.15, -0.1) is 0 Å². The molecule has 19 heavy (non-hydrogen) atoms. The lowest BCUT2D eigenvalue weighted by molar-refractivity contribution is 0.0813. The van der Waals surface area contributed by atoms with Gasteiger partial charge in [-0.2, -0.15) is 5.26 Å². The lowest BCUT2D eigenvalue weighted by atomic mass is 9.77. The molecule has 0 amide bonds. The minimum atomic E-state index is -0.660. The van der Waals surface area contributed by atoms with E-state index >= 15 is 0 Å². The number of Topliss-reactive ketones (excluding diaryl/α,β-unsaturated/α-hetero) is 1. The summed E-state index contributed by atoms with van der Waals surface area (Å²) in [5.41, 5.74) is 8.25. The molecule has 1 unspecified atom stereocenters. The third kappa shape index (κ3) is 4.13. The van der Waals surface area contributed by atoms with Gasteiger partial charge < -0.3 is 0 Å². The molecular formula is C14H16N4O. The van der Waals surface area contributed by atoms with E-state index in [-0.39, 0.29) is 12.3 Å². The molecule has 1 rings (SSSR count). The van der Waals surface area contributed by atoms with Crippen molar-refractivity contribution in [1.29, 1.82) is 5.26 Å². The number of rotatable bonds is 6. The first-order valence-electron chi connectivity index (χ1n) is 6.01. The molecule has 0 saturated heterocycles. The Morgan fingerprint density at radius 3 is 2.63 bits per heavy atom. The Bertz CT molecular complexity index is 524. The van der Waals surface area contributed by atoms with Gasteiger partial charge in [-0.25, -0.2) is 0 Å². The normalized spacial score (nSPS) is 12.1. The Morgan fingerprint density at radius 1 is 1.47 bits per heavy atom. The summed E-state index contributed by atoms with van der Waals surface area (Å²) in [7, 11) is 0. The highest BCUT2D eigenvalue weighted by Crippen LogP contribution is 2.29. The van der Waals surface area contributed by atoms with E-state index in [1.165, 1.54) is 0 Å². The first kappa shape index (κ1) is 14.7. The smallest absolute Gasteiger partial charge is 0.168 e. The van der Waals surface area contributed by atoms with Crippen LogP contribution >= 0.6 is 0 Å². The molecule has 1 atom stereocenters. The third-order valence-corrected chi connectivity index (χ3v) is 2.96. The van der Waals surface area contributed by atoms with Crippen LogP contribution in [0.25, 0.3) is 10.4 Å². The highest BCUT2D eigenvalue weighted by atomic mass is 16.1. The number of ketones is 1. The van der Waals surface area contributed by atoms with E-state index in [4.69, 9.17) is 10.8 Å². The van der Waals surface area contributed by atoms with E-state index < -0.39 is 11.3 Å². The molecule has 0 aliphatic carbocycles. The molecule has 0 aliphatic heterocycles. The molecule has 1 aromatic carbocycles. The topological polar surface area (TPSA) is 89.6 Å². The summed E-state index contributed by atoms with van der Waals surface area (Å²) < 4.78 is 0. The maximum atomic E-state index is 12.4. The summed E-state index contributed by atoms with van der Waals surface area (Å²) >= 11 is 0. The van der Waals surface area contributed by atoms with Crippen LogP contribution in [0.5, 0.6) is 0 Å². The SMILES string of the molecule is CC(C)(CC(C#N)CN=[N+]=[N-])C(=O)c1ccccc1. The second-order valence-corrected chi connectivity index (χ2v) is 5.02. The van der Waals surface area contributed by atoms with Crippen LogP contribution in [0.15, 0.2) is 35.4 Å². The Balaban J connectivity index is 2.83. The number of nitrogens with zero attached hydrogens (tertiary/aromatic N) is 4. The Hall–Kier alpha value is -2.31. The van der Waals surface area contributed by atoms with Crippen LogP contribution in [0.3, 0.4) is 0 Å². The standard InChI is InChI=1S/C14H16N4O/c1-14(2,8-11(9-15)10-17-18-16)13(19)12-6-4-3-5-7-12/h3-7,11H,8,10H2,1-2H3. The minimum absolute atomic E-state index is 0.00529. The van der Waals surface area contributed by atoms with E-state index in [1.54, 1.807) is 12.1 Å². The van der Waals surface area contributed by atoms with Gasteiger partial charge in [0.05, 0.1) is 12.0 Å². The molecule has 5 nitrogen and oxygen atoms in total. The molecule has 0 radical (unpaired) electrons. The Labute approximate surface area is 112 Å². The summed E-state index contributed by atoms with van der Waals surface area (Å²) in [5, 5.41) is 12.4. The maximum Gasteiger partial charge on any atom is 0.168 e. The number of nitriles is 1. The summed E-state index contributed by atoms with van der Waals surface area (Å²) in [6, 6.07) is 11.1. The van der Waals surface area contributed by atoms with E-state index in [9.17, 15) is 4.79 Å². The highest BCUT2D eigenvalue weighted by Gasteiger charge is 2.31. The van der Waals surface area contributed by atoms with Gasteiger partial charge in [0.1, 0.15) is 0 Å². The summed E-state index contributed by atoms with van der Waals surface area (Å²) in [6.45, 7) is 3.71. The van der Waals surface area contributed by atoms with Crippen LogP contribution in [0.2, 0.25) is 0 Å². The second kappa shape index (κ2) is 6.58. The Morgan fingerprint density at radius 2 is 2.11 bits per heavy atom. The first-order chi connectivity index (χ1) is 9.01. The molecule has 5 heteroatoms. The third-order valence-electron chi connectivity index (χ3n) is 2.96. The predicted molar refractivity (Wildman–Crippen MR) is 72.3 cm³/mol. The van der Waals surface area contributed by atoms with E-state index in [2.05, 4.69) is 16.1 Å². The van der Waals surface area contributed by atoms with Gasteiger partial charge in [-0.1, -0.05) is 49.3 Å². The van der Waals surface area contributed by atoms with Crippen LogP contribution in [-0.2, 0) is 0 Å². The molecule has 0 spiro atoms. The number of azide groups is 1. The summed E-state index contributed by atoms with van der Waals surface area (Å²) in [4.78, 5) is 15.0. The van der Waals surface area contributed by atoms with Crippen molar-refractivity contribution >= 4 is 5.78 Å². The van der Waals surface area contributed by atoms with Crippen molar-refractivity contribution < 1.29 is 4.79 Å². The molecular weight excluding hydrogens is 240 g/mol. The first-order valence-corrected chi connectivity index (χ1v) is 6.01. The van der Waals surface area contributed by atoms with E-state index in [1.807, 2.05) is 32.0 Å².